The van der Waals surface area contributed by atoms with Gasteiger partial charge in [-0.2, -0.15) is 0 Å². The lowest BCUT2D eigenvalue weighted by Gasteiger charge is -2.22. The van der Waals surface area contributed by atoms with Gasteiger partial charge in [-0.05, 0) is 49.8 Å². The molecule has 0 radical (unpaired) electrons. The number of esters is 1. The Balaban J connectivity index is 2.02. The highest BCUT2D eigenvalue weighted by Crippen LogP contribution is 2.33. The molecule has 1 aromatic heterocycles. The van der Waals surface area contributed by atoms with Crippen molar-refractivity contribution in [2.24, 2.45) is 0 Å². The number of benzene rings is 1. The average molecular weight is 384 g/mol. The molecule has 0 bridgehead atoms. The highest BCUT2D eigenvalue weighted by molar-refractivity contribution is 5.94. The second kappa shape index (κ2) is 9.90. The number of aromatic nitrogens is 1. The van der Waals surface area contributed by atoms with Gasteiger partial charge < -0.3 is 9.30 Å². The Morgan fingerprint density at radius 2 is 1.89 bits per heavy atom. The summed E-state index contributed by atoms with van der Waals surface area (Å²) in [6, 6.07) is 6.30. The smallest absolute Gasteiger partial charge is 0.343 e. The van der Waals surface area contributed by atoms with Crippen LogP contribution in [0.15, 0.2) is 29.2 Å². The highest BCUT2D eigenvalue weighted by Gasteiger charge is 2.20. The summed E-state index contributed by atoms with van der Waals surface area (Å²) in [6.07, 6.45) is 12.5. The van der Waals surface area contributed by atoms with Gasteiger partial charge >= 0.3 is 5.97 Å². The Morgan fingerprint density at radius 3 is 2.61 bits per heavy atom. The van der Waals surface area contributed by atoms with Crippen LogP contribution in [0.2, 0.25) is 0 Å². The van der Waals surface area contributed by atoms with Crippen LogP contribution in [0.5, 0.6) is 0 Å². The summed E-state index contributed by atoms with van der Waals surface area (Å²) in [5, 5.41) is 0.657. The Hall–Kier alpha value is -2.10. The number of pyridine rings is 1. The van der Waals surface area contributed by atoms with Crippen LogP contribution in [0.3, 0.4) is 0 Å². The van der Waals surface area contributed by atoms with Gasteiger partial charge in [0, 0.05) is 18.1 Å². The maximum atomic E-state index is 13.1. The number of hydrogen-bond acceptors (Lipinski definition) is 3. The van der Waals surface area contributed by atoms with Crippen molar-refractivity contribution in [3.63, 3.8) is 0 Å². The normalized spacial score (nSPS) is 15.1. The molecule has 1 aliphatic carbocycles. The van der Waals surface area contributed by atoms with Crippen molar-refractivity contribution in [3.05, 3.63) is 45.7 Å². The van der Waals surface area contributed by atoms with E-state index in [1.54, 1.807) is 13.1 Å². The third-order valence-corrected chi connectivity index (χ3v) is 5.93. The largest absolute Gasteiger partial charge is 0.462 e. The number of fused-ring (bicyclic) bond motifs is 1. The summed E-state index contributed by atoms with van der Waals surface area (Å²) in [4.78, 5) is 25.5. The molecular weight excluding hydrogens is 350 g/mol. The molecule has 0 spiro atoms. The number of nitrogens with zero attached hydrogens (tertiary/aromatic N) is 1. The van der Waals surface area contributed by atoms with Crippen molar-refractivity contribution in [3.8, 4) is 0 Å². The predicted molar refractivity (Wildman–Crippen MR) is 114 cm³/mol. The monoisotopic (exact) mass is 383 g/mol. The third-order valence-electron chi connectivity index (χ3n) is 5.93. The van der Waals surface area contributed by atoms with Gasteiger partial charge in [-0.15, -0.1) is 0 Å². The molecule has 152 valence electrons. The molecular formula is C24H33NO3. The van der Waals surface area contributed by atoms with E-state index in [-0.39, 0.29) is 17.6 Å². The Morgan fingerprint density at radius 1 is 1.11 bits per heavy atom. The van der Waals surface area contributed by atoms with Gasteiger partial charge in [0.1, 0.15) is 5.56 Å². The van der Waals surface area contributed by atoms with Gasteiger partial charge in [-0.3, -0.25) is 4.79 Å². The molecule has 0 saturated heterocycles. The molecule has 1 heterocycles. The van der Waals surface area contributed by atoms with Crippen LogP contribution < -0.4 is 5.43 Å². The number of rotatable bonds is 8. The molecule has 1 fully saturated rings. The maximum absolute atomic E-state index is 13.1. The fourth-order valence-corrected chi connectivity index (χ4v) is 4.35. The van der Waals surface area contributed by atoms with E-state index < -0.39 is 5.97 Å². The van der Waals surface area contributed by atoms with Crippen molar-refractivity contribution in [1.82, 2.24) is 4.57 Å². The van der Waals surface area contributed by atoms with E-state index in [9.17, 15) is 9.59 Å². The van der Waals surface area contributed by atoms with Gasteiger partial charge in [-0.1, -0.05) is 51.5 Å². The molecule has 1 aliphatic rings. The Bertz CT molecular complexity index is 862. The lowest BCUT2D eigenvalue weighted by atomic mass is 9.83. The summed E-state index contributed by atoms with van der Waals surface area (Å²) < 4.78 is 7.22. The topological polar surface area (TPSA) is 48.3 Å². The van der Waals surface area contributed by atoms with Crippen LogP contribution in [-0.4, -0.2) is 17.1 Å². The zero-order valence-corrected chi connectivity index (χ0v) is 17.3. The average Bonchev–Trinajstić information content (AvgIpc) is 2.73. The molecule has 0 unspecified atom stereocenters. The van der Waals surface area contributed by atoms with Gasteiger partial charge in [0.15, 0.2) is 0 Å². The quantitative estimate of drug-likeness (QED) is 0.427. The van der Waals surface area contributed by atoms with Gasteiger partial charge in [0.2, 0.25) is 5.43 Å². The molecule has 28 heavy (non-hydrogen) atoms. The summed E-state index contributed by atoms with van der Waals surface area (Å²) >= 11 is 0. The SMILES string of the molecule is CCCCCCn1cc(C(=O)OCC)c(=O)c2cc(C3CCCCC3)ccc21. The molecule has 3 rings (SSSR count). The number of aryl methyl sites for hydroxylation is 1. The van der Waals surface area contributed by atoms with Crippen molar-refractivity contribution in [2.45, 2.75) is 84.1 Å². The second-order valence-electron chi connectivity index (χ2n) is 7.96. The van der Waals surface area contributed by atoms with Crippen LogP contribution in [0, 0.1) is 0 Å². The minimum Gasteiger partial charge on any atom is -0.462 e. The van der Waals surface area contributed by atoms with Gasteiger partial charge in [0.25, 0.3) is 0 Å². The highest BCUT2D eigenvalue weighted by atomic mass is 16.5. The zero-order valence-electron chi connectivity index (χ0n) is 17.3. The lowest BCUT2D eigenvalue weighted by Crippen LogP contribution is -2.21. The lowest BCUT2D eigenvalue weighted by molar-refractivity contribution is 0.0524. The van der Waals surface area contributed by atoms with Crippen LogP contribution in [0.25, 0.3) is 10.9 Å². The van der Waals surface area contributed by atoms with Crippen LogP contribution in [-0.2, 0) is 11.3 Å². The number of unbranched alkanes of at least 4 members (excludes halogenated alkanes) is 3. The molecule has 0 aliphatic heterocycles. The van der Waals surface area contributed by atoms with E-state index in [1.807, 2.05) is 6.07 Å². The first-order chi connectivity index (χ1) is 13.7. The first kappa shape index (κ1) is 20.6. The predicted octanol–water partition coefficient (Wildman–Crippen LogP) is 5.81. The van der Waals surface area contributed by atoms with Crippen molar-refractivity contribution < 1.29 is 9.53 Å². The Labute approximate surface area is 167 Å². The van der Waals surface area contributed by atoms with Crippen molar-refractivity contribution in [2.75, 3.05) is 6.61 Å². The molecule has 0 N–H and O–H groups in total. The first-order valence-corrected chi connectivity index (χ1v) is 11.0. The number of ether oxygens (including phenoxy) is 1. The first-order valence-electron chi connectivity index (χ1n) is 11.0. The molecule has 4 heteroatoms. The van der Waals surface area contributed by atoms with Crippen LogP contribution >= 0.6 is 0 Å². The fraction of sp³-hybridized carbons (Fsp3) is 0.583. The number of hydrogen-bond donors (Lipinski definition) is 0. The van der Waals surface area contributed by atoms with Crippen molar-refractivity contribution in [1.29, 1.82) is 0 Å². The molecule has 4 nitrogen and oxygen atoms in total. The molecule has 1 aromatic carbocycles. The third kappa shape index (κ3) is 4.65. The van der Waals surface area contributed by atoms with E-state index >= 15 is 0 Å². The maximum Gasteiger partial charge on any atom is 0.343 e. The summed E-state index contributed by atoms with van der Waals surface area (Å²) in [7, 11) is 0. The van der Waals surface area contributed by atoms with Crippen molar-refractivity contribution >= 4 is 16.9 Å². The summed E-state index contributed by atoms with van der Waals surface area (Å²) in [5.74, 6) is 0.0154. The Kier molecular flexibility index (Phi) is 7.30. The molecule has 0 atom stereocenters. The summed E-state index contributed by atoms with van der Waals surface area (Å²) in [5.41, 5.74) is 2.12. The van der Waals surface area contributed by atoms with Gasteiger partial charge in [0.05, 0.1) is 12.1 Å². The minimum atomic E-state index is -0.514. The molecule has 2 aromatic rings. The van der Waals surface area contributed by atoms with E-state index in [0.717, 1.165) is 24.9 Å². The molecule has 1 saturated carbocycles. The van der Waals surface area contributed by atoms with E-state index in [2.05, 4.69) is 23.6 Å². The van der Waals surface area contributed by atoms with Crippen LogP contribution in [0.1, 0.15) is 93.5 Å². The zero-order chi connectivity index (χ0) is 19.9. The standard InChI is InChI=1S/C24H33NO3/c1-3-5-6-10-15-25-17-21(24(27)28-4-2)23(26)20-16-19(13-14-22(20)25)18-11-8-7-9-12-18/h13-14,16-18H,3-12,15H2,1-2H3. The fourth-order valence-electron chi connectivity index (χ4n) is 4.35. The van der Waals surface area contributed by atoms with Gasteiger partial charge in [-0.25, -0.2) is 4.79 Å². The van der Waals surface area contributed by atoms with Crippen LogP contribution in [0.4, 0.5) is 0 Å². The summed E-state index contributed by atoms with van der Waals surface area (Å²) in [6.45, 7) is 5.05. The van der Waals surface area contributed by atoms with E-state index in [1.165, 1.54) is 50.5 Å². The minimum absolute atomic E-state index is 0.158. The second-order valence-corrected chi connectivity index (χ2v) is 7.96. The number of carbonyl (C=O) groups is 1. The van der Waals surface area contributed by atoms with E-state index in [4.69, 9.17) is 4.74 Å². The molecule has 0 amide bonds. The number of carbonyl (C=O) groups excluding carboxylic acids is 1. The van der Waals surface area contributed by atoms with E-state index in [0.29, 0.717) is 11.3 Å².